The number of hydrogen-bond acceptors (Lipinski definition) is 3. The standard InChI is InChI=1S/C22H27N5O/c1-14-11-16(3)26(24-14)13-18-5-7-20(8-6-18)22(28)23-21-12-15(2)25-27(21)17(4)19-9-10-19/h5-8,11-12,17,19H,9-10,13H2,1-4H3,(H,23,28). The van der Waals surface area contributed by atoms with Crippen LogP contribution in [0.4, 0.5) is 5.82 Å². The van der Waals surface area contributed by atoms with Gasteiger partial charge in [0.2, 0.25) is 0 Å². The molecule has 0 spiro atoms. The van der Waals surface area contributed by atoms with E-state index in [1.807, 2.05) is 53.5 Å². The maximum Gasteiger partial charge on any atom is 0.256 e. The number of amides is 1. The third-order valence-corrected chi connectivity index (χ3v) is 5.44. The molecule has 0 aliphatic heterocycles. The van der Waals surface area contributed by atoms with E-state index in [0.29, 0.717) is 24.1 Å². The Hall–Kier alpha value is -2.89. The third kappa shape index (κ3) is 3.86. The molecule has 0 bridgehead atoms. The van der Waals surface area contributed by atoms with Crippen LogP contribution >= 0.6 is 0 Å². The first-order valence-electron chi connectivity index (χ1n) is 9.88. The molecule has 1 atom stereocenters. The summed E-state index contributed by atoms with van der Waals surface area (Å²) in [5, 5.41) is 12.1. The third-order valence-electron chi connectivity index (χ3n) is 5.44. The summed E-state index contributed by atoms with van der Waals surface area (Å²) in [4.78, 5) is 12.7. The predicted octanol–water partition coefficient (Wildman–Crippen LogP) is 4.28. The van der Waals surface area contributed by atoms with Crippen molar-refractivity contribution in [1.29, 1.82) is 0 Å². The minimum absolute atomic E-state index is 0.109. The molecule has 0 radical (unpaired) electrons. The molecule has 146 valence electrons. The van der Waals surface area contributed by atoms with Crippen molar-refractivity contribution < 1.29 is 4.79 Å². The van der Waals surface area contributed by atoms with Gasteiger partial charge in [-0.05, 0) is 70.2 Å². The van der Waals surface area contributed by atoms with Crippen LogP contribution in [0.2, 0.25) is 0 Å². The van der Waals surface area contributed by atoms with E-state index in [1.165, 1.54) is 12.8 Å². The second-order valence-electron chi connectivity index (χ2n) is 7.93. The van der Waals surface area contributed by atoms with Crippen LogP contribution in [0.15, 0.2) is 36.4 Å². The van der Waals surface area contributed by atoms with Crippen molar-refractivity contribution in [2.45, 2.75) is 53.1 Å². The minimum atomic E-state index is -0.109. The van der Waals surface area contributed by atoms with Gasteiger partial charge in [0, 0.05) is 17.3 Å². The van der Waals surface area contributed by atoms with Crippen LogP contribution < -0.4 is 5.32 Å². The number of aromatic nitrogens is 4. The Morgan fingerprint density at radius 3 is 2.39 bits per heavy atom. The number of hydrogen-bond donors (Lipinski definition) is 1. The lowest BCUT2D eigenvalue weighted by molar-refractivity contribution is 0.102. The summed E-state index contributed by atoms with van der Waals surface area (Å²) in [6.45, 7) is 8.88. The number of carbonyl (C=O) groups is 1. The summed E-state index contributed by atoms with van der Waals surface area (Å²) in [5.41, 5.74) is 4.82. The molecule has 1 N–H and O–H groups in total. The van der Waals surface area contributed by atoms with Crippen LogP contribution in [0.25, 0.3) is 0 Å². The van der Waals surface area contributed by atoms with Gasteiger partial charge in [0.25, 0.3) is 5.91 Å². The Labute approximate surface area is 165 Å². The second kappa shape index (κ2) is 7.26. The van der Waals surface area contributed by atoms with Crippen molar-refractivity contribution in [3.05, 3.63) is 64.6 Å². The number of benzene rings is 1. The maximum atomic E-state index is 12.7. The highest BCUT2D eigenvalue weighted by molar-refractivity contribution is 6.03. The van der Waals surface area contributed by atoms with Gasteiger partial charge in [0.1, 0.15) is 5.82 Å². The van der Waals surface area contributed by atoms with E-state index in [-0.39, 0.29) is 5.91 Å². The molecule has 1 fully saturated rings. The molecule has 6 heteroatoms. The van der Waals surface area contributed by atoms with Crippen LogP contribution in [-0.4, -0.2) is 25.5 Å². The van der Waals surface area contributed by atoms with Gasteiger partial charge in [-0.1, -0.05) is 12.1 Å². The summed E-state index contributed by atoms with van der Waals surface area (Å²) in [5.74, 6) is 1.33. The Morgan fingerprint density at radius 2 is 1.79 bits per heavy atom. The average molecular weight is 377 g/mol. The van der Waals surface area contributed by atoms with Gasteiger partial charge >= 0.3 is 0 Å². The van der Waals surface area contributed by atoms with Crippen LogP contribution in [-0.2, 0) is 6.54 Å². The highest BCUT2D eigenvalue weighted by Gasteiger charge is 2.31. The molecule has 1 aromatic carbocycles. The van der Waals surface area contributed by atoms with Gasteiger partial charge in [0.15, 0.2) is 0 Å². The van der Waals surface area contributed by atoms with Crippen molar-refractivity contribution in [2.24, 2.45) is 5.92 Å². The summed E-state index contributed by atoms with van der Waals surface area (Å²) in [6, 6.07) is 12.0. The minimum Gasteiger partial charge on any atom is -0.307 e. The van der Waals surface area contributed by atoms with Crippen molar-refractivity contribution in [2.75, 3.05) is 5.32 Å². The molecule has 0 saturated heterocycles. The van der Waals surface area contributed by atoms with E-state index < -0.39 is 0 Å². The Bertz CT molecular complexity index is 995. The summed E-state index contributed by atoms with van der Waals surface area (Å²) >= 11 is 0. The van der Waals surface area contributed by atoms with Gasteiger partial charge in [-0.2, -0.15) is 10.2 Å². The number of nitrogens with one attached hydrogen (secondary N) is 1. The number of carbonyl (C=O) groups excluding carboxylic acids is 1. The summed E-state index contributed by atoms with van der Waals surface area (Å²) in [7, 11) is 0. The SMILES string of the molecule is Cc1cc(C)n(Cc2ccc(C(=O)Nc3cc(C)nn3C(C)C3CC3)cc2)n1. The highest BCUT2D eigenvalue weighted by atomic mass is 16.1. The summed E-state index contributed by atoms with van der Waals surface area (Å²) < 4.78 is 3.94. The van der Waals surface area contributed by atoms with Gasteiger partial charge in [0.05, 0.1) is 24.0 Å². The molecule has 28 heavy (non-hydrogen) atoms. The molecule has 2 aromatic heterocycles. The average Bonchev–Trinajstić information content (AvgIpc) is 3.37. The Morgan fingerprint density at radius 1 is 1.11 bits per heavy atom. The van der Waals surface area contributed by atoms with Crippen LogP contribution in [0.5, 0.6) is 0 Å². The number of anilines is 1. The fourth-order valence-corrected chi connectivity index (χ4v) is 3.66. The molecular formula is C22H27N5O. The highest BCUT2D eigenvalue weighted by Crippen LogP contribution is 2.40. The van der Waals surface area contributed by atoms with E-state index in [0.717, 1.165) is 28.5 Å². The molecule has 1 unspecified atom stereocenters. The quantitative estimate of drug-likeness (QED) is 0.697. The number of nitrogens with zero attached hydrogens (tertiary/aromatic N) is 4. The predicted molar refractivity (Wildman–Crippen MR) is 110 cm³/mol. The fraction of sp³-hybridized carbons (Fsp3) is 0.409. The zero-order valence-electron chi connectivity index (χ0n) is 16.9. The zero-order valence-corrected chi connectivity index (χ0v) is 16.9. The summed E-state index contributed by atoms with van der Waals surface area (Å²) in [6.07, 6.45) is 2.48. The monoisotopic (exact) mass is 377 g/mol. The van der Waals surface area contributed by atoms with E-state index >= 15 is 0 Å². The first-order valence-corrected chi connectivity index (χ1v) is 9.88. The van der Waals surface area contributed by atoms with Crippen molar-refractivity contribution >= 4 is 11.7 Å². The molecule has 1 saturated carbocycles. The first kappa shape index (κ1) is 18.5. The molecule has 2 heterocycles. The number of rotatable bonds is 6. The number of aryl methyl sites for hydroxylation is 3. The second-order valence-corrected chi connectivity index (χ2v) is 7.93. The van der Waals surface area contributed by atoms with Crippen LogP contribution in [0, 0.1) is 26.7 Å². The maximum absolute atomic E-state index is 12.7. The normalized spacial score (nSPS) is 14.9. The van der Waals surface area contributed by atoms with Crippen LogP contribution in [0.1, 0.15) is 58.8 Å². The van der Waals surface area contributed by atoms with Crippen LogP contribution in [0.3, 0.4) is 0 Å². The van der Waals surface area contributed by atoms with Crippen molar-refractivity contribution in [3.8, 4) is 0 Å². The Kier molecular flexibility index (Phi) is 4.79. The van der Waals surface area contributed by atoms with E-state index in [1.54, 1.807) is 0 Å². The smallest absolute Gasteiger partial charge is 0.256 e. The van der Waals surface area contributed by atoms with E-state index in [4.69, 9.17) is 0 Å². The van der Waals surface area contributed by atoms with E-state index in [2.05, 4.69) is 35.4 Å². The molecular weight excluding hydrogens is 350 g/mol. The van der Waals surface area contributed by atoms with E-state index in [9.17, 15) is 4.79 Å². The molecule has 1 aliphatic carbocycles. The molecule has 6 nitrogen and oxygen atoms in total. The van der Waals surface area contributed by atoms with Gasteiger partial charge in [-0.25, -0.2) is 4.68 Å². The van der Waals surface area contributed by atoms with Gasteiger partial charge in [-0.3, -0.25) is 9.48 Å². The lowest BCUT2D eigenvalue weighted by atomic mass is 10.1. The van der Waals surface area contributed by atoms with Gasteiger partial charge in [-0.15, -0.1) is 0 Å². The van der Waals surface area contributed by atoms with Gasteiger partial charge < -0.3 is 5.32 Å². The molecule has 1 aliphatic rings. The lowest BCUT2D eigenvalue weighted by Gasteiger charge is -2.15. The molecule has 1 amide bonds. The zero-order chi connectivity index (χ0) is 19.8. The topological polar surface area (TPSA) is 64.7 Å². The lowest BCUT2D eigenvalue weighted by Crippen LogP contribution is -2.18. The fourth-order valence-electron chi connectivity index (χ4n) is 3.66. The van der Waals surface area contributed by atoms with Crippen molar-refractivity contribution in [1.82, 2.24) is 19.6 Å². The van der Waals surface area contributed by atoms with Crippen molar-refractivity contribution in [3.63, 3.8) is 0 Å². The largest absolute Gasteiger partial charge is 0.307 e. The first-order chi connectivity index (χ1) is 13.4. The molecule has 3 aromatic rings. The molecule has 4 rings (SSSR count). The Balaban J connectivity index is 1.46.